The van der Waals surface area contributed by atoms with E-state index in [4.69, 9.17) is 0 Å². The first-order valence-corrected chi connectivity index (χ1v) is 9.70. The van der Waals surface area contributed by atoms with Crippen LogP contribution in [0.2, 0.25) is 0 Å². The van der Waals surface area contributed by atoms with Crippen LogP contribution in [0, 0.1) is 5.82 Å². The Balaban J connectivity index is 2.10. The number of fused-ring (bicyclic) bond motifs is 1. The quantitative estimate of drug-likeness (QED) is 0.709. The predicted molar refractivity (Wildman–Crippen MR) is 92.3 cm³/mol. The lowest BCUT2D eigenvalue weighted by Gasteiger charge is -2.10. The van der Waals surface area contributed by atoms with Gasteiger partial charge in [0.05, 0.1) is 4.90 Å². The summed E-state index contributed by atoms with van der Waals surface area (Å²) < 4.78 is 38.6. The SMILES string of the molecule is CCCc1cc2cc(S(C)(=O)=O)cnc2n1Cc1ccc(F)cc1. The molecule has 126 valence electrons. The molecule has 4 nitrogen and oxygen atoms in total. The maximum atomic E-state index is 13.1. The van der Waals surface area contributed by atoms with E-state index >= 15 is 0 Å². The Hall–Kier alpha value is -2.21. The Morgan fingerprint density at radius 2 is 1.88 bits per heavy atom. The molecule has 3 aromatic rings. The van der Waals surface area contributed by atoms with Crippen LogP contribution in [0.5, 0.6) is 0 Å². The lowest BCUT2D eigenvalue weighted by atomic mass is 10.2. The van der Waals surface area contributed by atoms with Crippen molar-refractivity contribution in [1.29, 1.82) is 0 Å². The summed E-state index contributed by atoms with van der Waals surface area (Å²) in [4.78, 5) is 4.59. The summed E-state index contributed by atoms with van der Waals surface area (Å²) >= 11 is 0. The number of halogens is 1. The minimum absolute atomic E-state index is 0.219. The highest BCUT2D eigenvalue weighted by atomic mass is 32.2. The molecule has 0 aliphatic carbocycles. The second-order valence-corrected chi connectivity index (χ2v) is 7.97. The van der Waals surface area contributed by atoms with Gasteiger partial charge in [-0.3, -0.25) is 0 Å². The van der Waals surface area contributed by atoms with Crippen molar-refractivity contribution >= 4 is 20.9 Å². The molecule has 0 N–H and O–H groups in total. The maximum Gasteiger partial charge on any atom is 0.177 e. The maximum absolute atomic E-state index is 13.1. The van der Waals surface area contributed by atoms with Gasteiger partial charge in [-0.05, 0) is 36.2 Å². The van der Waals surface area contributed by atoms with E-state index in [0.29, 0.717) is 6.54 Å². The molecule has 0 unspecified atom stereocenters. The summed E-state index contributed by atoms with van der Waals surface area (Å²) in [5.74, 6) is -0.263. The van der Waals surface area contributed by atoms with Gasteiger partial charge in [0, 0.05) is 30.1 Å². The summed E-state index contributed by atoms with van der Waals surface area (Å²) in [6.45, 7) is 2.67. The van der Waals surface area contributed by atoms with Gasteiger partial charge in [0.1, 0.15) is 11.5 Å². The van der Waals surface area contributed by atoms with E-state index in [1.165, 1.54) is 24.6 Å². The molecular formula is C18H19FN2O2S. The average Bonchev–Trinajstić information content (AvgIpc) is 2.86. The smallest absolute Gasteiger partial charge is 0.177 e. The topological polar surface area (TPSA) is 52.0 Å². The van der Waals surface area contributed by atoms with Gasteiger partial charge in [-0.1, -0.05) is 25.5 Å². The zero-order valence-electron chi connectivity index (χ0n) is 13.7. The van der Waals surface area contributed by atoms with Gasteiger partial charge in [-0.25, -0.2) is 17.8 Å². The first kappa shape index (κ1) is 16.6. The third kappa shape index (κ3) is 3.33. The number of aromatic nitrogens is 2. The number of sulfone groups is 1. The molecule has 0 radical (unpaired) electrons. The Labute approximate surface area is 140 Å². The van der Waals surface area contributed by atoms with Crippen LogP contribution in [-0.2, 0) is 22.8 Å². The van der Waals surface area contributed by atoms with Gasteiger partial charge < -0.3 is 4.57 Å². The Kier molecular flexibility index (Phi) is 4.41. The third-order valence-corrected chi connectivity index (χ3v) is 5.06. The van der Waals surface area contributed by atoms with E-state index in [1.807, 2.05) is 6.07 Å². The molecule has 0 saturated heterocycles. The molecule has 0 aliphatic heterocycles. The first-order valence-electron chi connectivity index (χ1n) is 7.81. The Morgan fingerprint density at radius 1 is 1.17 bits per heavy atom. The van der Waals surface area contributed by atoms with Crippen molar-refractivity contribution in [1.82, 2.24) is 9.55 Å². The highest BCUT2D eigenvalue weighted by molar-refractivity contribution is 7.90. The lowest BCUT2D eigenvalue weighted by molar-refractivity contribution is 0.601. The summed E-state index contributed by atoms with van der Waals surface area (Å²) in [5, 5.41) is 0.809. The number of benzene rings is 1. The molecule has 24 heavy (non-hydrogen) atoms. The van der Waals surface area contributed by atoms with E-state index in [2.05, 4.69) is 16.5 Å². The molecule has 0 saturated carbocycles. The fraction of sp³-hybridized carbons (Fsp3) is 0.278. The van der Waals surface area contributed by atoms with Crippen molar-refractivity contribution in [3.63, 3.8) is 0 Å². The largest absolute Gasteiger partial charge is 0.325 e. The van der Waals surface area contributed by atoms with Crippen molar-refractivity contribution < 1.29 is 12.8 Å². The molecule has 0 aliphatic rings. The standard InChI is InChI=1S/C18H19FN2O2S/c1-3-4-16-9-14-10-17(24(2,22)23)11-20-18(14)21(16)12-13-5-7-15(19)8-6-13/h5-11H,3-4,12H2,1-2H3. The van der Waals surface area contributed by atoms with Gasteiger partial charge in [0.2, 0.25) is 0 Å². The summed E-state index contributed by atoms with van der Waals surface area (Å²) in [6.07, 6.45) is 4.41. The van der Waals surface area contributed by atoms with E-state index in [-0.39, 0.29) is 10.7 Å². The molecule has 2 heterocycles. The molecule has 0 amide bonds. The van der Waals surface area contributed by atoms with Gasteiger partial charge in [-0.2, -0.15) is 0 Å². The van der Waals surface area contributed by atoms with Gasteiger partial charge >= 0.3 is 0 Å². The van der Waals surface area contributed by atoms with E-state index < -0.39 is 9.84 Å². The summed E-state index contributed by atoms with van der Waals surface area (Å²) in [5.41, 5.74) is 2.81. The first-order chi connectivity index (χ1) is 11.4. The van der Waals surface area contributed by atoms with Crippen LogP contribution in [0.3, 0.4) is 0 Å². The minimum atomic E-state index is -3.29. The number of aryl methyl sites for hydroxylation is 1. The minimum Gasteiger partial charge on any atom is -0.325 e. The second-order valence-electron chi connectivity index (χ2n) is 5.95. The Bertz CT molecular complexity index is 976. The summed E-state index contributed by atoms with van der Waals surface area (Å²) in [7, 11) is -3.29. The fourth-order valence-corrected chi connectivity index (χ4v) is 3.38. The highest BCUT2D eigenvalue weighted by Crippen LogP contribution is 2.23. The van der Waals surface area contributed by atoms with Crippen molar-refractivity contribution in [2.75, 3.05) is 6.26 Å². The average molecular weight is 346 g/mol. The van der Waals surface area contributed by atoms with Gasteiger partial charge in [0.25, 0.3) is 0 Å². The number of pyridine rings is 1. The second kappa shape index (κ2) is 6.36. The van der Waals surface area contributed by atoms with Crippen molar-refractivity contribution in [3.8, 4) is 0 Å². The zero-order chi connectivity index (χ0) is 17.3. The van der Waals surface area contributed by atoms with Crippen molar-refractivity contribution in [2.24, 2.45) is 0 Å². The van der Waals surface area contributed by atoms with E-state index in [0.717, 1.165) is 35.1 Å². The number of hydrogen-bond acceptors (Lipinski definition) is 3. The molecule has 0 fully saturated rings. The molecule has 1 aromatic carbocycles. The molecule has 2 aromatic heterocycles. The van der Waals surface area contributed by atoms with Crippen LogP contribution >= 0.6 is 0 Å². The van der Waals surface area contributed by atoms with Crippen LogP contribution < -0.4 is 0 Å². The lowest BCUT2D eigenvalue weighted by Crippen LogP contribution is -2.05. The van der Waals surface area contributed by atoms with Crippen LogP contribution in [0.4, 0.5) is 4.39 Å². The number of rotatable bonds is 5. The van der Waals surface area contributed by atoms with Crippen LogP contribution in [0.25, 0.3) is 11.0 Å². The fourth-order valence-electron chi connectivity index (χ4n) is 2.79. The zero-order valence-corrected chi connectivity index (χ0v) is 14.5. The van der Waals surface area contributed by atoms with Crippen molar-refractivity contribution in [3.05, 3.63) is 59.7 Å². The predicted octanol–water partition coefficient (Wildman–Crippen LogP) is 3.58. The molecule has 6 heteroatoms. The van der Waals surface area contributed by atoms with E-state index in [9.17, 15) is 12.8 Å². The molecule has 0 spiro atoms. The van der Waals surface area contributed by atoms with Crippen molar-refractivity contribution in [2.45, 2.75) is 31.2 Å². The summed E-state index contributed by atoms with van der Waals surface area (Å²) in [6, 6.07) is 10.0. The molecular weight excluding hydrogens is 327 g/mol. The molecule has 3 rings (SSSR count). The van der Waals surface area contributed by atoms with Crippen LogP contribution in [-0.4, -0.2) is 24.2 Å². The molecule has 0 bridgehead atoms. The van der Waals surface area contributed by atoms with Gasteiger partial charge in [0.15, 0.2) is 9.84 Å². The number of hydrogen-bond donors (Lipinski definition) is 0. The third-order valence-electron chi connectivity index (χ3n) is 3.98. The number of nitrogens with zero attached hydrogens (tertiary/aromatic N) is 2. The van der Waals surface area contributed by atoms with E-state index in [1.54, 1.807) is 18.2 Å². The normalized spacial score (nSPS) is 12.0. The van der Waals surface area contributed by atoms with Gasteiger partial charge in [-0.15, -0.1) is 0 Å². The Morgan fingerprint density at radius 3 is 2.50 bits per heavy atom. The highest BCUT2D eigenvalue weighted by Gasteiger charge is 2.14. The monoisotopic (exact) mass is 346 g/mol. The van der Waals surface area contributed by atoms with Crippen LogP contribution in [0.1, 0.15) is 24.6 Å². The molecule has 0 atom stereocenters. The van der Waals surface area contributed by atoms with Crippen LogP contribution in [0.15, 0.2) is 47.5 Å².